The number of hydrogen-bond acceptors (Lipinski definition) is 2. The Kier molecular flexibility index (Phi) is 3.03. The van der Waals surface area contributed by atoms with Crippen molar-refractivity contribution in [3.63, 3.8) is 0 Å². The Morgan fingerprint density at radius 1 is 1.33 bits per heavy atom. The van der Waals surface area contributed by atoms with Gasteiger partial charge >= 0.3 is 0 Å². The van der Waals surface area contributed by atoms with Gasteiger partial charge in [0, 0.05) is 5.56 Å². The quantitative estimate of drug-likeness (QED) is 0.807. The minimum atomic E-state index is -0.436. The van der Waals surface area contributed by atoms with Gasteiger partial charge in [0.2, 0.25) is 5.91 Å². The molecule has 0 aromatic heterocycles. The summed E-state index contributed by atoms with van der Waals surface area (Å²) in [6.45, 7) is 6.28. The number of methoxy groups -OCH3 is 1. The number of ether oxygens (including phenoxy) is 1. The van der Waals surface area contributed by atoms with Crippen molar-refractivity contribution in [1.29, 1.82) is 0 Å². The fourth-order valence-electron chi connectivity index (χ4n) is 1.46. The summed E-state index contributed by atoms with van der Waals surface area (Å²) in [5, 5.41) is 0. The molecule has 15 heavy (non-hydrogen) atoms. The molecule has 0 atom stereocenters. The Bertz CT molecular complexity index is 378. The highest BCUT2D eigenvalue weighted by Gasteiger charge is 2.19. The van der Waals surface area contributed by atoms with Gasteiger partial charge in [-0.1, -0.05) is 26.8 Å². The summed E-state index contributed by atoms with van der Waals surface area (Å²) in [5.41, 5.74) is 6.73. The number of amides is 1. The molecule has 2 N–H and O–H groups in total. The van der Waals surface area contributed by atoms with E-state index in [4.69, 9.17) is 10.5 Å². The van der Waals surface area contributed by atoms with E-state index in [1.54, 1.807) is 19.2 Å². The van der Waals surface area contributed by atoms with E-state index in [9.17, 15) is 4.79 Å². The standard InChI is InChI=1S/C12H17NO2/c1-12(2,3)9-6-5-8(11(13)14)7-10(9)15-4/h5-7H,1-4H3,(H2,13,14). The third-order valence-corrected chi connectivity index (χ3v) is 2.29. The predicted molar refractivity (Wildman–Crippen MR) is 60.2 cm³/mol. The average molecular weight is 207 g/mol. The van der Waals surface area contributed by atoms with Gasteiger partial charge in [-0.15, -0.1) is 0 Å². The minimum Gasteiger partial charge on any atom is -0.496 e. The van der Waals surface area contributed by atoms with Crippen molar-refractivity contribution >= 4 is 5.91 Å². The van der Waals surface area contributed by atoms with Crippen molar-refractivity contribution in [2.45, 2.75) is 26.2 Å². The number of rotatable bonds is 2. The summed E-state index contributed by atoms with van der Waals surface area (Å²) in [7, 11) is 1.59. The van der Waals surface area contributed by atoms with E-state index in [-0.39, 0.29) is 5.41 Å². The van der Waals surface area contributed by atoms with Gasteiger partial charge in [0.05, 0.1) is 7.11 Å². The van der Waals surface area contributed by atoms with Crippen LogP contribution in [0.25, 0.3) is 0 Å². The molecule has 1 aromatic rings. The molecule has 0 aliphatic rings. The second-order valence-electron chi connectivity index (χ2n) is 4.53. The molecule has 3 heteroatoms. The fourth-order valence-corrected chi connectivity index (χ4v) is 1.46. The van der Waals surface area contributed by atoms with Gasteiger partial charge in [-0.3, -0.25) is 4.79 Å². The summed E-state index contributed by atoms with van der Waals surface area (Å²) in [6.07, 6.45) is 0. The molecule has 0 fully saturated rings. The molecular weight excluding hydrogens is 190 g/mol. The Morgan fingerprint density at radius 3 is 2.33 bits per heavy atom. The van der Waals surface area contributed by atoms with Crippen molar-refractivity contribution in [3.05, 3.63) is 29.3 Å². The lowest BCUT2D eigenvalue weighted by molar-refractivity contribution is 0.1000. The first-order valence-electron chi connectivity index (χ1n) is 4.84. The van der Waals surface area contributed by atoms with E-state index in [0.717, 1.165) is 5.56 Å². The number of nitrogens with two attached hydrogens (primary N) is 1. The molecule has 1 amide bonds. The molecule has 0 saturated carbocycles. The van der Waals surface area contributed by atoms with Crippen LogP contribution < -0.4 is 10.5 Å². The van der Waals surface area contributed by atoms with E-state index < -0.39 is 5.91 Å². The van der Waals surface area contributed by atoms with Crippen LogP contribution in [-0.2, 0) is 5.41 Å². The van der Waals surface area contributed by atoms with Gasteiger partial charge < -0.3 is 10.5 Å². The van der Waals surface area contributed by atoms with Gasteiger partial charge in [0.1, 0.15) is 5.75 Å². The molecule has 1 rings (SSSR count). The molecule has 0 spiro atoms. The second kappa shape index (κ2) is 3.93. The normalized spacial score (nSPS) is 11.2. The lowest BCUT2D eigenvalue weighted by atomic mass is 9.86. The van der Waals surface area contributed by atoms with Crippen LogP contribution in [0.5, 0.6) is 5.75 Å². The van der Waals surface area contributed by atoms with Crippen molar-refractivity contribution in [2.24, 2.45) is 5.73 Å². The monoisotopic (exact) mass is 207 g/mol. The SMILES string of the molecule is COc1cc(C(N)=O)ccc1C(C)(C)C. The largest absolute Gasteiger partial charge is 0.496 e. The summed E-state index contributed by atoms with van der Waals surface area (Å²) in [4.78, 5) is 11.0. The maximum atomic E-state index is 11.0. The molecule has 0 aliphatic heterocycles. The van der Waals surface area contributed by atoms with E-state index in [1.165, 1.54) is 0 Å². The van der Waals surface area contributed by atoms with E-state index >= 15 is 0 Å². The Morgan fingerprint density at radius 2 is 1.93 bits per heavy atom. The number of carbonyl (C=O) groups is 1. The maximum absolute atomic E-state index is 11.0. The van der Waals surface area contributed by atoms with Crippen LogP contribution in [0.4, 0.5) is 0 Å². The lowest BCUT2D eigenvalue weighted by Crippen LogP contribution is -2.15. The summed E-state index contributed by atoms with van der Waals surface area (Å²) < 4.78 is 5.25. The van der Waals surface area contributed by atoms with Gasteiger partial charge in [0.15, 0.2) is 0 Å². The number of hydrogen-bond donors (Lipinski definition) is 1. The van der Waals surface area contributed by atoms with Crippen molar-refractivity contribution in [3.8, 4) is 5.75 Å². The second-order valence-corrected chi connectivity index (χ2v) is 4.53. The molecule has 3 nitrogen and oxygen atoms in total. The van der Waals surface area contributed by atoms with Crippen LogP contribution in [0.15, 0.2) is 18.2 Å². The van der Waals surface area contributed by atoms with Gasteiger partial charge in [-0.25, -0.2) is 0 Å². The zero-order valence-electron chi connectivity index (χ0n) is 9.63. The Labute approximate surface area is 90.2 Å². The van der Waals surface area contributed by atoms with Gasteiger partial charge in [-0.2, -0.15) is 0 Å². The van der Waals surface area contributed by atoms with E-state index in [2.05, 4.69) is 20.8 Å². The molecule has 1 aromatic carbocycles. The van der Waals surface area contributed by atoms with Crippen molar-refractivity contribution < 1.29 is 9.53 Å². The highest BCUT2D eigenvalue weighted by molar-refractivity contribution is 5.93. The van der Waals surface area contributed by atoms with Crippen LogP contribution in [0, 0.1) is 0 Å². The zero-order chi connectivity index (χ0) is 11.6. The molecule has 0 unspecified atom stereocenters. The van der Waals surface area contributed by atoms with Gasteiger partial charge in [0.25, 0.3) is 0 Å². The fraction of sp³-hybridized carbons (Fsp3) is 0.417. The number of carbonyl (C=O) groups excluding carboxylic acids is 1. The van der Waals surface area contributed by atoms with Crippen LogP contribution in [-0.4, -0.2) is 13.0 Å². The van der Waals surface area contributed by atoms with Crippen LogP contribution in [0.3, 0.4) is 0 Å². The molecule has 0 bridgehead atoms. The molecule has 82 valence electrons. The van der Waals surface area contributed by atoms with E-state index in [0.29, 0.717) is 11.3 Å². The van der Waals surface area contributed by atoms with Gasteiger partial charge in [-0.05, 0) is 23.1 Å². The highest BCUT2D eigenvalue weighted by atomic mass is 16.5. The van der Waals surface area contributed by atoms with Crippen LogP contribution in [0.2, 0.25) is 0 Å². The maximum Gasteiger partial charge on any atom is 0.248 e. The molecule has 0 aliphatic carbocycles. The third kappa shape index (κ3) is 2.49. The van der Waals surface area contributed by atoms with Crippen molar-refractivity contribution in [1.82, 2.24) is 0 Å². The van der Waals surface area contributed by atoms with Crippen molar-refractivity contribution in [2.75, 3.05) is 7.11 Å². The predicted octanol–water partition coefficient (Wildman–Crippen LogP) is 2.09. The Hall–Kier alpha value is -1.51. The smallest absolute Gasteiger partial charge is 0.248 e. The summed E-state index contributed by atoms with van der Waals surface area (Å²) >= 11 is 0. The highest BCUT2D eigenvalue weighted by Crippen LogP contribution is 2.31. The van der Waals surface area contributed by atoms with Crippen LogP contribution in [0.1, 0.15) is 36.7 Å². The minimum absolute atomic E-state index is 0.0124. The molecule has 0 radical (unpaired) electrons. The summed E-state index contributed by atoms with van der Waals surface area (Å²) in [5.74, 6) is 0.271. The average Bonchev–Trinajstić information content (AvgIpc) is 2.15. The molecule has 0 heterocycles. The first-order chi connectivity index (χ1) is 6.86. The number of benzene rings is 1. The first-order valence-corrected chi connectivity index (χ1v) is 4.84. The third-order valence-electron chi connectivity index (χ3n) is 2.29. The molecule has 0 saturated heterocycles. The van der Waals surface area contributed by atoms with Crippen LogP contribution >= 0.6 is 0 Å². The lowest BCUT2D eigenvalue weighted by Gasteiger charge is -2.22. The summed E-state index contributed by atoms with van der Waals surface area (Å²) in [6, 6.07) is 5.30. The molecular formula is C12H17NO2. The Balaban J connectivity index is 3.27. The number of primary amides is 1. The topological polar surface area (TPSA) is 52.3 Å². The van der Waals surface area contributed by atoms with E-state index in [1.807, 2.05) is 6.07 Å². The first kappa shape index (κ1) is 11.6. The zero-order valence-corrected chi connectivity index (χ0v) is 9.63.